The van der Waals surface area contributed by atoms with Crippen molar-refractivity contribution in [2.24, 2.45) is 0 Å². The highest BCUT2D eigenvalue weighted by molar-refractivity contribution is 8.00. The van der Waals surface area contributed by atoms with Crippen molar-refractivity contribution < 1.29 is 9.72 Å². The van der Waals surface area contributed by atoms with Crippen LogP contribution in [-0.2, 0) is 4.79 Å². The molecule has 0 spiro atoms. The van der Waals surface area contributed by atoms with Crippen molar-refractivity contribution in [3.8, 4) is 0 Å². The number of amides is 1. The Morgan fingerprint density at radius 2 is 2.04 bits per heavy atom. The fourth-order valence-electron chi connectivity index (χ4n) is 2.14. The molecule has 1 heterocycles. The van der Waals surface area contributed by atoms with Gasteiger partial charge in [-0.3, -0.25) is 14.9 Å². The van der Waals surface area contributed by atoms with Crippen LogP contribution < -0.4 is 5.32 Å². The standard InChI is InChI=1S/C16H11ClN4O3S/c17-12-6-5-10(21(23)24)7-14(12)20-15(22)8-25-16-11-3-1-2-4-13(11)18-9-19-16/h1-7,9H,8H2,(H,20,22). The molecule has 126 valence electrons. The maximum atomic E-state index is 12.2. The number of benzene rings is 2. The molecule has 0 saturated carbocycles. The number of nitro benzene ring substituents is 1. The molecule has 0 fully saturated rings. The van der Waals surface area contributed by atoms with Crippen LogP contribution in [0.5, 0.6) is 0 Å². The Labute approximate surface area is 151 Å². The van der Waals surface area contributed by atoms with Crippen molar-refractivity contribution in [3.63, 3.8) is 0 Å². The van der Waals surface area contributed by atoms with E-state index in [-0.39, 0.29) is 28.1 Å². The fourth-order valence-corrected chi connectivity index (χ4v) is 3.09. The van der Waals surface area contributed by atoms with Crippen LogP contribution >= 0.6 is 23.4 Å². The number of nitro groups is 1. The van der Waals surface area contributed by atoms with E-state index in [1.54, 1.807) is 0 Å². The molecule has 3 rings (SSSR count). The molecule has 7 nitrogen and oxygen atoms in total. The van der Waals surface area contributed by atoms with Gasteiger partial charge >= 0.3 is 0 Å². The Balaban J connectivity index is 1.71. The zero-order valence-electron chi connectivity index (χ0n) is 12.7. The number of fused-ring (bicyclic) bond motifs is 1. The van der Waals surface area contributed by atoms with Gasteiger partial charge in [-0.05, 0) is 12.1 Å². The number of nitrogens with one attached hydrogen (secondary N) is 1. The summed E-state index contributed by atoms with van der Waals surface area (Å²) in [6.07, 6.45) is 1.44. The molecular formula is C16H11ClN4O3S. The average molecular weight is 375 g/mol. The number of carbonyl (C=O) groups excluding carboxylic acids is 1. The summed E-state index contributed by atoms with van der Waals surface area (Å²) < 4.78 is 0. The van der Waals surface area contributed by atoms with Gasteiger partial charge in [-0.25, -0.2) is 9.97 Å². The number of hydrogen-bond donors (Lipinski definition) is 1. The van der Waals surface area contributed by atoms with Gasteiger partial charge in [0.25, 0.3) is 5.69 Å². The number of anilines is 1. The molecule has 1 amide bonds. The van der Waals surface area contributed by atoms with Crippen LogP contribution in [0.4, 0.5) is 11.4 Å². The summed E-state index contributed by atoms with van der Waals surface area (Å²) in [5.74, 6) is -0.255. The Hall–Kier alpha value is -2.71. The minimum atomic E-state index is -0.548. The lowest BCUT2D eigenvalue weighted by Gasteiger charge is -2.07. The summed E-state index contributed by atoms with van der Waals surface area (Å²) >= 11 is 7.23. The maximum absolute atomic E-state index is 12.2. The lowest BCUT2D eigenvalue weighted by molar-refractivity contribution is -0.384. The molecule has 0 aliphatic carbocycles. The first-order chi connectivity index (χ1) is 12.0. The predicted molar refractivity (Wildman–Crippen MR) is 97.0 cm³/mol. The van der Waals surface area contributed by atoms with Gasteiger partial charge in [0, 0.05) is 17.5 Å². The second kappa shape index (κ2) is 7.45. The first kappa shape index (κ1) is 17.1. The molecule has 3 aromatic rings. The van der Waals surface area contributed by atoms with Crippen LogP contribution in [0.15, 0.2) is 53.8 Å². The maximum Gasteiger partial charge on any atom is 0.271 e. The number of para-hydroxylation sites is 1. The van der Waals surface area contributed by atoms with E-state index >= 15 is 0 Å². The largest absolute Gasteiger partial charge is 0.324 e. The number of aromatic nitrogens is 2. The number of halogens is 1. The van der Waals surface area contributed by atoms with Crippen LogP contribution in [0.1, 0.15) is 0 Å². The van der Waals surface area contributed by atoms with Gasteiger partial charge < -0.3 is 5.32 Å². The zero-order valence-corrected chi connectivity index (χ0v) is 14.3. The summed E-state index contributed by atoms with van der Waals surface area (Å²) in [5, 5.41) is 15.2. The number of nitrogens with zero attached hydrogens (tertiary/aromatic N) is 3. The van der Waals surface area contributed by atoms with E-state index in [4.69, 9.17) is 11.6 Å². The molecule has 0 aliphatic rings. The lowest BCUT2D eigenvalue weighted by atomic mass is 10.2. The number of rotatable bonds is 5. The smallest absolute Gasteiger partial charge is 0.271 e. The Kier molecular flexibility index (Phi) is 5.11. The summed E-state index contributed by atoms with van der Waals surface area (Å²) in [6, 6.07) is 11.4. The monoisotopic (exact) mass is 374 g/mol. The van der Waals surface area contributed by atoms with E-state index in [2.05, 4.69) is 15.3 Å². The van der Waals surface area contributed by atoms with Crippen molar-refractivity contribution in [1.82, 2.24) is 9.97 Å². The zero-order chi connectivity index (χ0) is 17.8. The number of thioether (sulfide) groups is 1. The molecule has 0 aliphatic heterocycles. The highest BCUT2D eigenvalue weighted by Gasteiger charge is 2.13. The Morgan fingerprint density at radius 1 is 1.24 bits per heavy atom. The van der Waals surface area contributed by atoms with Crippen LogP contribution in [-0.4, -0.2) is 26.6 Å². The third kappa shape index (κ3) is 4.04. The van der Waals surface area contributed by atoms with Crippen molar-refractivity contribution >= 4 is 51.5 Å². The van der Waals surface area contributed by atoms with E-state index in [0.29, 0.717) is 5.03 Å². The van der Waals surface area contributed by atoms with E-state index in [9.17, 15) is 14.9 Å². The second-order valence-electron chi connectivity index (χ2n) is 4.95. The fraction of sp³-hybridized carbons (Fsp3) is 0.0625. The third-order valence-corrected chi connectivity index (χ3v) is 4.62. The summed E-state index contributed by atoms with van der Waals surface area (Å²) in [4.78, 5) is 30.8. The van der Waals surface area contributed by atoms with E-state index in [0.717, 1.165) is 10.9 Å². The van der Waals surface area contributed by atoms with Crippen molar-refractivity contribution in [1.29, 1.82) is 0 Å². The first-order valence-corrected chi connectivity index (χ1v) is 8.47. The van der Waals surface area contributed by atoms with E-state index < -0.39 is 4.92 Å². The highest BCUT2D eigenvalue weighted by Crippen LogP contribution is 2.28. The Bertz CT molecular complexity index is 962. The van der Waals surface area contributed by atoms with Crippen LogP contribution in [0, 0.1) is 10.1 Å². The van der Waals surface area contributed by atoms with Crippen LogP contribution in [0.2, 0.25) is 5.02 Å². The van der Waals surface area contributed by atoms with Gasteiger partial charge in [0.15, 0.2) is 0 Å². The number of carbonyl (C=O) groups is 1. The molecule has 0 atom stereocenters. The van der Waals surface area contributed by atoms with E-state index in [1.165, 1.54) is 36.3 Å². The van der Waals surface area contributed by atoms with Crippen molar-refractivity contribution in [2.75, 3.05) is 11.1 Å². The molecule has 1 N–H and O–H groups in total. The summed E-state index contributed by atoms with van der Waals surface area (Å²) in [7, 11) is 0. The SMILES string of the molecule is O=C(CSc1ncnc2ccccc12)Nc1cc([N+](=O)[O-])ccc1Cl. The molecule has 9 heteroatoms. The number of hydrogen-bond acceptors (Lipinski definition) is 6. The van der Waals surface area contributed by atoms with Gasteiger partial charge in [0.2, 0.25) is 5.91 Å². The minimum absolute atomic E-state index is 0.0834. The summed E-state index contributed by atoms with van der Waals surface area (Å²) in [6.45, 7) is 0. The normalized spacial score (nSPS) is 10.6. The third-order valence-electron chi connectivity index (χ3n) is 3.28. The van der Waals surface area contributed by atoms with Crippen LogP contribution in [0.3, 0.4) is 0 Å². The molecule has 0 radical (unpaired) electrons. The first-order valence-electron chi connectivity index (χ1n) is 7.11. The van der Waals surface area contributed by atoms with Gasteiger partial charge in [-0.2, -0.15) is 0 Å². The number of non-ortho nitro benzene ring substituents is 1. The minimum Gasteiger partial charge on any atom is -0.324 e. The van der Waals surface area contributed by atoms with Crippen molar-refractivity contribution in [3.05, 3.63) is 63.9 Å². The molecular weight excluding hydrogens is 364 g/mol. The molecule has 0 unspecified atom stereocenters. The Morgan fingerprint density at radius 3 is 2.84 bits per heavy atom. The van der Waals surface area contributed by atoms with Crippen molar-refractivity contribution in [2.45, 2.75) is 5.03 Å². The highest BCUT2D eigenvalue weighted by atomic mass is 35.5. The predicted octanol–water partition coefficient (Wildman–Crippen LogP) is 3.92. The van der Waals surface area contributed by atoms with Crippen LogP contribution in [0.25, 0.3) is 10.9 Å². The molecule has 0 saturated heterocycles. The van der Waals surface area contributed by atoms with Gasteiger partial charge in [0.05, 0.1) is 26.9 Å². The van der Waals surface area contributed by atoms with Gasteiger partial charge in [-0.1, -0.05) is 41.6 Å². The second-order valence-corrected chi connectivity index (χ2v) is 6.33. The summed E-state index contributed by atoms with van der Waals surface area (Å²) in [5.41, 5.74) is 0.852. The molecule has 25 heavy (non-hydrogen) atoms. The lowest BCUT2D eigenvalue weighted by Crippen LogP contribution is -2.14. The quantitative estimate of drug-likeness (QED) is 0.314. The molecule has 0 bridgehead atoms. The molecule has 1 aromatic heterocycles. The molecule has 2 aromatic carbocycles. The topological polar surface area (TPSA) is 98.0 Å². The van der Waals surface area contributed by atoms with Gasteiger partial charge in [0.1, 0.15) is 11.4 Å². The van der Waals surface area contributed by atoms with E-state index in [1.807, 2.05) is 24.3 Å². The average Bonchev–Trinajstić information content (AvgIpc) is 2.61. The van der Waals surface area contributed by atoms with Gasteiger partial charge in [-0.15, -0.1) is 0 Å².